The van der Waals surface area contributed by atoms with Gasteiger partial charge < -0.3 is 20.5 Å². The Hall–Kier alpha value is -1.85. The number of hydrogen-bond acceptors (Lipinski definition) is 3. The van der Waals surface area contributed by atoms with Gasteiger partial charge in [0.05, 0.1) is 6.10 Å². The predicted molar refractivity (Wildman–Crippen MR) is 73.1 cm³/mol. The highest BCUT2D eigenvalue weighted by molar-refractivity contribution is 5.84. The van der Waals surface area contributed by atoms with Crippen molar-refractivity contribution in [2.75, 3.05) is 6.54 Å². The number of benzene rings is 1. The second kappa shape index (κ2) is 5.86. The maximum Gasteiger partial charge on any atom is 0.321 e. The van der Waals surface area contributed by atoms with Crippen LogP contribution in [0.4, 0.5) is 0 Å². The maximum absolute atomic E-state index is 11.2. The number of carbonyl (C=O) groups is 1. The average molecular weight is 262 g/mol. The summed E-state index contributed by atoms with van der Waals surface area (Å²) in [5, 5.41) is 22.3. The van der Waals surface area contributed by atoms with E-state index >= 15 is 0 Å². The molecule has 0 aliphatic carbocycles. The normalized spacial score (nSPS) is 14.4. The number of hydrogen-bond donors (Lipinski definition) is 4. The van der Waals surface area contributed by atoms with Crippen LogP contribution >= 0.6 is 0 Å². The highest BCUT2D eigenvalue weighted by Crippen LogP contribution is 2.19. The molecule has 0 saturated carbocycles. The van der Waals surface area contributed by atoms with Crippen molar-refractivity contribution in [2.45, 2.75) is 25.5 Å². The number of aromatic nitrogens is 1. The van der Waals surface area contributed by atoms with Crippen molar-refractivity contribution in [2.24, 2.45) is 0 Å². The molecule has 0 bridgehead atoms. The number of rotatable bonds is 6. The van der Waals surface area contributed by atoms with E-state index in [-0.39, 0.29) is 6.54 Å². The Morgan fingerprint density at radius 3 is 2.84 bits per heavy atom. The fourth-order valence-corrected chi connectivity index (χ4v) is 2.08. The zero-order valence-corrected chi connectivity index (χ0v) is 10.8. The second-order valence-electron chi connectivity index (χ2n) is 4.71. The molecule has 1 aromatic heterocycles. The van der Waals surface area contributed by atoms with E-state index in [2.05, 4.69) is 10.3 Å². The minimum absolute atomic E-state index is 0.263. The molecule has 4 N–H and O–H groups in total. The summed E-state index contributed by atoms with van der Waals surface area (Å²) in [4.78, 5) is 14.3. The molecule has 5 nitrogen and oxygen atoms in total. The molecule has 1 heterocycles. The number of para-hydroxylation sites is 1. The van der Waals surface area contributed by atoms with Gasteiger partial charge in [-0.05, 0) is 18.6 Å². The third-order valence-corrected chi connectivity index (χ3v) is 3.06. The zero-order chi connectivity index (χ0) is 13.8. The van der Waals surface area contributed by atoms with Crippen LogP contribution in [-0.2, 0) is 11.2 Å². The Morgan fingerprint density at radius 1 is 1.42 bits per heavy atom. The van der Waals surface area contributed by atoms with Crippen molar-refractivity contribution < 1.29 is 15.0 Å². The van der Waals surface area contributed by atoms with Crippen molar-refractivity contribution in [3.05, 3.63) is 36.0 Å². The standard InChI is InChI=1S/C14H18N2O3/c1-9(17)7-15-13(14(18)19)6-10-8-16-12-5-3-2-4-11(10)12/h2-5,8-9,13,15-17H,6-7H2,1H3,(H,18,19). The molecular formula is C14H18N2O3. The second-order valence-corrected chi connectivity index (χ2v) is 4.71. The third-order valence-electron chi connectivity index (χ3n) is 3.06. The topological polar surface area (TPSA) is 85.4 Å². The fourth-order valence-electron chi connectivity index (χ4n) is 2.08. The quantitative estimate of drug-likeness (QED) is 0.629. The molecule has 2 rings (SSSR count). The summed E-state index contributed by atoms with van der Waals surface area (Å²) in [5.41, 5.74) is 1.96. The molecule has 2 atom stereocenters. The van der Waals surface area contributed by atoms with Crippen LogP contribution in [0.15, 0.2) is 30.5 Å². The van der Waals surface area contributed by atoms with E-state index in [0.29, 0.717) is 6.42 Å². The summed E-state index contributed by atoms with van der Waals surface area (Å²) in [6, 6.07) is 7.09. The number of carboxylic acids is 1. The molecule has 19 heavy (non-hydrogen) atoms. The molecule has 5 heteroatoms. The molecule has 2 aromatic rings. The number of nitrogens with one attached hydrogen (secondary N) is 2. The summed E-state index contributed by atoms with van der Waals surface area (Å²) in [5.74, 6) is -0.911. The van der Waals surface area contributed by atoms with E-state index < -0.39 is 18.1 Å². The van der Waals surface area contributed by atoms with Crippen LogP contribution in [0.2, 0.25) is 0 Å². The summed E-state index contributed by atoms with van der Waals surface area (Å²) in [7, 11) is 0. The van der Waals surface area contributed by atoms with Crippen molar-refractivity contribution >= 4 is 16.9 Å². The average Bonchev–Trinajstić information content (AvgIpc) is 2.77. The smallest absolute Gasteiger partial charge is 0.321 e. The van der Waals surface area contributed by atoms with Gasteiger partial charge in [0.2, 0.25) is 0 Å². The molecule has 0 amide bonds. The SMILES string of the molecule is CC(O)CNC(Cc1c[nH]c2ccccc12)C(=O)O. The van der Waals surface area contributed by atoms with Crippen LogP contribution in [0, 0.1) is 0 Å². The van der Waals surface area contributed by atoms with Crippen LogP contribution in [-0.4, -0.2) is 39.9 Å². The van der Waals surface area contributed by atoms with Crippen molar-refractivity contribution in [3.8, 4) is 0 Å². The van der Waals surface area contributed by atoms with Gasteiger partial charge >= 0.3 is 5.97 Å². The van der Waals surface area contributed by atoms with E-state index in [1.165, 1.54) is 0 Å². The van der Waals surface area contributed by atoms with Gasteiger partial charge in [-0.15, -0.1) is 0 Å². The molecule has 1 aromatic carbocycles. The van der Waals surface area contributed by atoms with Crippen LogP contribution < -0.4 is 5.32 Å². The molecule has 0 spiro atoms. The van der Waals surface area contributed by atoms with Crippen LogP contribution in [0.1, 0.15) is 12.5 Å². The Labute approximate surface area is 111 Å². The number of carboxylic acid groups (broad SMARTS) is 1. The highest BCUT2D eigenvalue weighted by atomic mass is 16.4. The molecule has 0 radical (unpaired) electrons. The summed E-state index contributed by atoms with van der Waals surface area (Å²) in [6.07, 6.45) is 1.65. The highest BCUT2D eigenvalue weighted by Gasteiger charge is 2.19. The molecule has 2 unspecified atom stereocenters. The largest absolute Gasteiger partial charge is 0.480 e. The lowest BCUT2D eigenvalue weighted by Gasteiger charge is -2.15. The van der Waals surface area contributed by atoms with Gasteiger partial charge in [0.1, 0.15) is 6.04 Å². The maximum atomic E-state index is 11.2. The first kappa shape index (κ1) is 13.6. The Balaban J connectivity index is 2.14. The third kappa shape index (κ3) is 3.33. The van der Waals surface area contributed by atoms with Gasteiger partial charge in [0.25, 0.3) is 0 Å². The lowest BCUT2D eigenvalue weighted by molar-refractivity contribution is -0.139. The van der Waals surface area contributed by atoms with E-state index in [4.69, 9.17) is 0 Å². The number of aliphatic hydroxyl groups is 1. The van der Waals surface area contributed by atoms with Crippen molar-refractivity contribution in [1.29, 1.82) is 0 Å². The molecule has 0 fully saturated rings. The number of aromatic amines is 1. The van der Waals surface area contributed by atoms with Gasteiger partial charge in [-0.25, -0.2) is 0 Å². The van der Waals surface area contributed by atoms with E-state index in [1.54, 1.807) is 6.92 Å². The Kier molecular flexibility index (Phi) is 4.19. The number of aliphatic hydroxyl groups excluding tert-OH is 1. The van der Waals surface area contributed by atoms with E-state index in [0.717, 1.165) is 16.5 Å². The Morgan fingerprint density at radius 2 is 2.16 bits per heavy atom. The summed E-state index contributed by atoms with van der Waals surface area (Å²) in [6.45, 7) is 1.89. The van der Waals surface area contributed by atoms with Gasteiger partial charge in [-0.1, -0.05) is 18.2 Å². The molecular weight excluding hydrogens is 244 g/mol. The number of H-pyrrole nitrogens is 1. The van der Waals surface area contributed by atoms with Gasteiger partial charge in [-0.3, -0.25) is 4.79 Å². The zero-order valence-electron chi connectivity index (χ0n) is 10.8. The van der Waals surface area contributed by atoms with Gasteiger partial charge in [-0.2, -0.15) is 0 Å². The summed E-state index contributed by atoms with van der Waals surface area (Å²) < 4.78 is 0. The lowest BCUT2D eigenvalue weighted by Crippen LogP contribution is -2.41. The van der Waals surface area contributed by atoms with Crippen LogP contribution in [0.25, 0.3) is 10.9 Å². The molecule has 102 valence electrons. The summed E-state index contributed by atoms with van der Waals surface area (Å²) >= 11 is 0. The van der Waals surface area contributed by atoms with Crippen LogP contribution in [0.5, 0.6) is 0 Å². The monoisotopic (exact) mass is 262 g/mol. The number of fused-ring (bicyclic) bond motifs is 1. The lowest BCUT2D eigenvalue weighted by atomic mass is 10.0. The first-order valence-corrected chi connectivity index (χ1v) is 6.27. The van der Waals surface area contributed by atoms with Crippen molar-refractivity contribution in [3.63, 3.8) is 0 Å². The fraction of sp³-hybridized carbons (Fsp3) is 0.357. The van der Waals surface area contributed by atoms with Gasteiger partial charge in [0, 0.05) is 30.1 Å². The Bertz CT molecular complexity index is 563. The van der Waals surface area contributed by atoms with E-state index in [9.17, 15) is 15.0 Å². The minimum Gasteiger partial charge on any atom is -0.480 e. The molecule has 0 aliphatic rings. The predicted octanol–water partition coefficient (Wildman–Crippen LogP) is 1.13. The molecule has 0 aliphatic heterocycles. The van der Waals surface area contributed by atoms with Crippen molar-refractivity contribution in [1.82, 2.24) is 10.3 Å². The first-order valence-electron chi connectivity index (χ1n) is 6.27. The van der Waals surface area contributed by atoms with Gasteiger partial charge in [0.15, 0.2) is 0 Å². The first-order chi connectivity index (χ1) is 9.08. The number of aliphatic carboxylic acids is 1. The van der Waals surface area contributed by atoms with E-state index in [1.807, 2.05) is 30.5 Å². The minimum atomic E-state index is -0.911. The van der Waals surface area contributed by atoms with Crippen LogP contribution in [0.3, 0.4) is 0 Å². The molecule has 0 saturated heterocycles.